The summed E-state index contributed by atoms with van der Waals surface area (Å²) >= 11 is 0. The van der Waals surface area contributed by atoms with Crippen LogP contribution >= 0.6 is 0 Å². The highest BCUT2D eigenvalue weighted by molar-refractivity contribution is 4.55. The highest BCUT2D eigenvalue weighted by atomic mass is 16.5. The molecular weight excluding hydrogens is 138 g/mol. The minimum atomic E-state index is 0.224. The molecule has 0 aromatic carbocycles. The molecule has 0 aromatic rings. The summed E-state index contributed by atoms with van der Waals surface area (Å²) < 4.78 is 5.37. The van der Waals surface area contributed by atoms with Gasteiger partial charge in [-0.05, 0) is 18.8 Å². The Bertz CT molecular complexity index is 83.6. The molecular formula is C9H21NO. The van der Waals surface area contributed by atoms with Gasteiger partial charge in [-0.1, -0.05) is 20.8 Å². The second-order valence-electron chi connectivity index (χ2n) is 3.43. The van der Waals surface area contributed by atoms with Gasteiger partial charge < -0.3 is 10.5 Å². The molecule has 0 spiro atoms. The Morgan fingerprint density at radius 2 is 2.00 bits per heavy atom. The maximum Gasteiger partial charge on any atom is 0.0617 e. The first-order valence-corrected chi connectivity index (χ1v) is 4.50. The van der Waals surface area contributed by atoms with Gasteiger partial charge in [-0.25, -0.2) is 0 Å². The third-order valence-corrected chi connectivity index (χ3v) is 1.70. The summed E-state index contributed by atoms with van der Waals surface area (Å²) in [6, 6.07) is 0.224. The van der Waals surface area contributed by atoms with E-state index in [2.05, 4.69) is 20.8 Å². The van der Waals surface area contributed by atoms with Crippen LogP contribution in [0.25, 0.3) is 0 Å². The molecule has 0 saturated heterocycles. The fourth-order valence-electron chi connectivity index (χ4n) is 0.672. The number of nitrogens with two attached hydrogens (primary N) is 1. The Labute approximate surface area is 70.1 Å². The monoisotopic (exact) mass is 159 g/mol. The van der Waals surface area contributed by atoms with Crippen molar-refractivity contribution in [2.24, 2.45) is 11.7 Å². The van der Waals surface area contributed by atoms with E-state index in [0.717, 1.165) is 25.4 Å². The number of ether oxygens (including phenoxy) is 1. The van der Waals surface area contributed by atoms with E-state index in [1.807, 2.05) is 0 Å². The third-order valence-electron chi connectivity index (χ3n) is 1.70. The van der Waals surface area contributed by atoms with Crippen LogP contribution in [0, 0.1) is 5.92 Å². The number of rotatable bonds is 6. The zero-order valence-electron chi connectivity index (χ0n) is 7.97. The van der Waals surface area contributed by atoms with Crippen LogP contribution in [0.5, 0.6) is 0 Å². The van der Waals surface area contributed by atoms with Crippen LogP contribution in [0.4, 0.5) is 0 Å². The molecule has 0 saturated carbocycles. The number of hydrogen-bond acceptors (Lipinski definition) is 2. The molecule has 0 aromatic heterocycles. The van der Waals surface area contributed by atoms with Crippen molar-refractivity contribution < 1.29 is 4.74 Å². The predicted octanol–water partition coefficient (Wildman–Crippen LogP) is 1.79. The summed E-state index contributed by atoms with van der Waals surface area (Å²) in [5.41, 5.74) is 5.66. The van der Waals surface area contributed by atoms with Crippen LogP contribution in [0.1, 0.15) is 33.6 Å². The summed E-state index contributed by atoms with van der Waals surface area (Å²) in [6.45, 7) is 8.04. The van der Waals surface area contributed by atoms with Crippen molar-refractivity contribution in [3.05, 3.63) is 0 Å². The minimum absolute atomic E-state index is 0.224. The van der Waals surface area contributed by atoms with Crippen molar-refractivity contribution in [2.45, 2.75) is 39.7 Å². The van der Waals surface area contributed by atoms with Crippen LogP contribution in [0.2, 0.25) is 0 Å². The third kappa shape index (κ3) is 7.82. The summed E-state index contributed by atoms with van der Waals surface area (Å²) in [5, 5.41) is 0. The molecule has 1 atom stereocenters. The van der Waals surface area contributed by atoms with Gasteiger partial charge in [0.2, 0.25) is 0 Å². The Kier molecular flexibility index (Phi) is 6.57. The zero-order valence-corrected chi connectivity index (χ0v) is 7.97. The van der Waals surface area contributed by atoms with Crippen LogP contribution in [0.15, 0.2) is 0 Å². The maximum absolute atomic E-state index is 5.66. The Morgan fingerprint density at radius 3 is 2.45 bits per heavy atom. The van der Waals surface area contributed by atoms with Crippen LogP contribution in [-0.4, -0.2) is 19.3 Å². The zero-order chi connectivity index (χ0) is 8.69. The van der Waals surface area contributed by atoms with Crippen molar-refractivity contribution >= 4 is 0 Å². The van der Waals surface area contributed by atoms with E-state index in [0.29, 0.717) is 6.61 Å². The van der Waals surface area contributed by atoms with E-state index in [4.69, 9.17) is 10.5 Å². The molecule has 1 unspecified atom stereocenters. The van der Waals surface area contributed by atoms with Crippen molar-refractivity contribution in [2.75, 3.05) is 13.2 Å². The fraction of sp³-hybridized carbons (Fsp3) is 1.00. The lowest BCUT2D eigenvalue weighted by Crippen LogP contribution is -2.25. The second kappa shape index (κ2) is 6.62. The smallest absolute Gasteiger partial charge is 0.0617 e. The Balaban J connectivity index is 3.01. The van der Waals surface area contributed by atoms with E-state index in [9.17, 15) is 0 Å². The van der Waals surface area contributed by atoms with E-state index in [-0.39, 0.29) is 6.04 Å². The quantitative estimate of drug-likeness (QED) is 0.600. The molecule has 2 heteroatoms. The van der Waals surface area contributed by atoms with Gasteiger partial charge in [0.15, 0.2) is 0 Å². The molecule has 0 rings (SSSR count). The van der Waals surface area contributed by atoms with Crippen LogP contribution < -0.4 is 5.73 Å². The second-order valence-corrected chi connectivity index (χ2v) is 3.43. The normalized spacial score (nSPS) is 13.9. The summed E-state index contributed by atoms with van der Waals surface area (Å²) in [5.74, 6) is 0.729. The van der Waals surface area contributed by atoms with Gasteiger partial charge in [-0.15, -0.1) is 0 Å². The molecule has 0 aliphatic carbocycles. The van der Waals surface area contributed by atoms with E-state index in [1.165, 1.54) is 0 Å². The lowest BCUT2D eigenvalue weighted by molar-refractivity contribution is 0.110. The SMILES string of the molecule is CCC(N)COCCC(C)C. The van der Waals surface area contributed by atoms with Crippen LogP contribution in [0.3, 0.4) is 0 Å². The van der Waals surface area contributed by atoms with Crippen molar-refractivity contribution in [3.8, 4) is 0 Å². The first-order chi connectivity index (χ1) is 5.16. The van der Waals surface area contributed by atoms with Crippen molar-refractivity contribution in [3.63, 3.8) is 0 Å². The average molecular weight is 159 g/mol. The number of hydrogen-bond donors (Lipinski definition) is 1. The van der Waals surface area contributed by atoms with Gasteiger partial charge >= 0.3 is 0 Å². The van der Waals surface area contributed by atoms with Gasteiger partial charge in [0.25, 0.3) is 0 Å². The molecule has 2 N–H and O–H groups in total. The highest BCUT2D eigenvalue weighted by Gasteiger charge is 1.98. The average Bonchev–Trinajstić information content (AvgIpc) is 1.97. The topological polar surface area (TPSA) is 35.2 Å². The maximum atomic E-state index is 5.66. The largest absolute Gasteiger partial charge is 0.380 e. The Morgan fingerprint density at radius 1 is 1.36 bits per heavy atom. The van der Waals surface area contributed by atoms with Gasteiger partial charge in [-0.3, -0.25) is 0 Å². The molecule has 0 amide bonds. The molecule has 0 heterocycles. The molecule has 0 aliphatic rings. The first-order valence-electron chi connectivity index (χ1n) is 4.50. The molecule has 68 valence electrons. The first kappa shape index (κ1) is 10.9. The summed E-state index contributed by atoms with van der Waals surface area (Å²) in [6.07, 6.45) is 2.14. The standard InChI is InChI=1S/C9H21NO/c1-4-9(10)7-11-6-5-8(2)3/h8-9H,4-7,10H2,1-3H3. The highest BCUT2D eigenvalue weighted by Crippen LogP contribution is 1.99. The van der Waals surface area contributed by atoms with Gasteiger partial charge in [-0.2, -0.15) is 0 Å². The van der Waals surface area contributed by atoms with E-state index < -0.39 is 0 Å². The lowest BCUT2D eigenvalue weighted by Gasteiger charge is -2.10. The van der Waals surface area contributed by atoms with Crippen LogP contribution in [-0.2, 0) is 4.74 Å². The summed E-state index contributed by atoms with van der Waals surface area (Å²) in [7, 11) is 0. The van der Waals surface area contributed by atoms with Gasteiger partial charge in [0, 0.05) is 12.6 Å². The van der Waals surface area contributed by atoms with E-state index >= 15 is 0 Å². The molecule has 0 radical (unpaired) electrons. The van der Waals surface area contributed by atoms with Gasteiger partial charge in [0.05, 0.1) is 6.61 Å². The molecule has 11 heavy (non-hydrogen) atoms. The van der Waals surface area contributed by atoms with Gasteiger partial charge in [0.1, 0.15) is 0 Å². The molecule has 0 aliphatic heterocycles. The van der Waals surface area contributed by atoms with Crippen molar-refractivity contribution in [1.29, 1.82) is 0 Å². The minimum Gasteiger partial charge on any atom is -0.380 e. The predicted molar refractivity (Wildman–Crippen MR) is 48.5 cm³/mol. The molecule has 0 fully saturated rings. The lowest BCUT2D eigenvalue weighted by atomic mass is 10.1. The Hall–Kier alpha value is -0.0800. The van der Waals surface area contributed by atoms with E-state index in [1.54, 1.807) is 0 Å². The van der Waals surface area contributed by atoms with Crippen molar-refractivity contribution in [1.82, 2.24) is 0 Å². The molecule has 2 nitrogen and oxygen atoms in total. The molecule has 0 bridgehead atoms. The fourth-order valence-corrected chi connectivity index (χ4v) is 0.672. The summed E-state index contributed by atoms with van der Waals surface area (Å²) in [4.78, 5) is 0.